The first-order valence-corrected chi connectivity index (χ1v) is 10.8. The minimum Gasteiger partial charge on any atom is -0.354 e. The molecule has 1 fully saturated rings. The molecule has 28 heavy (non-hydrogen) atoms. The normalized spacial score (nSPS) is 15.4. The van der Waals surface area contributed by atoms with Gasteiger partial charge in [-0.2, -0.15) is 4.31 Å². The summed E-state index contributed by atoms with van der Waals surface area (Å²) in [5.74, 6) is -0.249. The molecular formula is C19H23FN4O3S. The van der Waals surface area contributed by atoms with E-state index in [9.17, 15) is 17.6 Å². The number of pyridine rings is 1. The number of amides is 1. The molecule has 2 heterocycles. The van der Waals surface area contributed by atoms with E-state index < -0.39 is 21.7 Å². The Hall–Kier alpha value is -2.52. The van der Waals surface area contributed by atoms with E-state index >= 15 is 0 Å². The van der Waals surface area contributed by atoms with Gasteiger partial charge in [-0.15, -0.1) is 0 Å². The summed E-state index contributed by atoms with van der Waals surface area (Å²) in [5.41, 5.74) is 0.428. The van der Waals surface area contributed by atoms with E-state index in [-0.39, 0.29) is 11.3 Å². The number of carbonyl (C=O) groups is 1. The van der Waals surface area contributed by atoms with Gasteiger partial charge in [-0.3, -0.25) is 4.79 Å². The summed E-state index contributed by atoms with van der Waals surface area (Å²) in [7, 11) is -3.18. The van der Waals surface area contributed by atoms with Gasteiger partial charge >= 0.3 is 0 Å². The molecule has 0 saturated carbocycles. The van der Waals surface area contributed by atoms with Crippen LogP contribution >= 0.6 is 0 Å². The van der Waals surface area contributed by atoms with Crippen molar-refractivity contribution in [2.24, 2.45) is 0 Å². The molecule has 150 valence electrons. The Morgan fingerprint density at radius 3 is 2.46 bits per heavy atom. The van der Waals surface area contributed by atoms with Crippen molar-refractivity contribution in [1.82, 2.24) is 9.29 Å². The summed E-state index contributed by atoms with van der Waals surface area (Å²) >= 11 is 0. The molecule has 7 nitrogen and oxygen atoms in total. The van der Waals surface area contributed by atoms with E-state index in [0.717, 1.165) is 0 Å². The molecule has 1 aliphatic heterocycles. The SMILES string of the molecule is CCCS(=O)(=O)N1CCN(c2ccc(NC(=O)c3ccccc3F)cn2)CC1. The molecule has 1 N–H and O–H groups in total. The first-order valence-electron chi connectivity index (χ1n) is 9.15. The zero-order chi connectivity index (χ0) is 20.1. The van der Waals surface area contributed by atoms with E-state index in [1.165, 1.54) is 28.7 Å². The van der Waals surface area contributed by atoms with Gasteiger partial charge in [0.05, 0.1) is 23.2 Å². The lowest BCUT2D eigenvalue weighted by molar-refractivity contribution is 0.102. The van der Waals surface area contributed by atoms with Crippen LogP contribution in [0, 0.1) is 5.82 Å². The van der Waals surface area contributed by atoms with Crippen LogP contribution in [0.3, 0.4) is 0 Å². The van der Waals surface area contributed by atoms with Crippen LogP contribution in [-0.2, 0) is 10.0 Å². The van der Waals surface area contributed by atoms with E-state index in [1.54, 1.807) is 18.2 Å². The van der Waals surface area contributed by atoms with Gasteiger partial charge in [-0.1, -0.05) is 19.1 Å². The molecule has 1 aliphatic rings. The molecule has 0 atom stereocenters. The van der Waals surface area contributed by atoms with Crippen LogP contribution < -0.4 is 10.2 Å². The molecule has 3 rings (SSSR count). The second-order valence-corrected chi connectivity index (χ2v) is 8.63. The Morgan fingerprint density at radius 1 is 1.14 bits per heavy atom. The average molecular weight is 406 g/mol. The number of halogens is 1. The summed E-state index contributed by atoms with van der Waals surface area (Å²) in [4.78, 5) is 18.5. The van der Waals surface area contributed by atoms with Crippen LogP contribution in [0.15, 0.2) is 42.6 Å². The minimum atomic E-state index is -3.18. The highest BCUT2D eigenvalue weighted by molar-refractivity contribution is 7.89. The van der Waals surface area contributed by atoms with Crippen molar-refractivity contribution in [1.29, 1.82) is 0 Å². The molecule has 1 aromatic carbocycles. The Kier molecular flexibility index (Phi) is 6.25. The van der Waals surface area contributed by atoms with Crippen molar-refractivity contribution in [2.45, 2.75) is 13.3 Å². The number of anilines is 2. The molecule has 0 unspecified atom stereocenters. The van der Waals surface area contributed by atoms with Crippen LogP contribution in [-0.4, -0.2) is 55.5 Å². The van der Waals surface area contributed by atoms with Gasteiger partial charge < -0.3 is 10.2 Å². The fourth-order valence-electron chi connectivity index (χ4n) is 3.07. The lowest BCUT2D eigenvalue weighted by atomic mass is 10.2. The number of nitrogens with zero attached hydrogens (tertiary/aromatic N) is 3. The predicted molar refractivity (Wildman–Crippen MR) is 106 cm³/mol. The van der Waals surface area contributed by atoms with E-state index in [2.05, 4.69) is 10.3 Å². The molecule has 0 spiro atoms. The van der Waals surface area contributed by atoms with Crippen LogP contribution in [0.2, 0.25) is 0 Å². The summed E-state index contributed by atoms with van der Waals surface area (Å²) in [6.07, 6.45) is 2.11. The topological polar surface area (TPSA) is 82.6 Å². The van der Waals surface area contributed by atoms with Crippen LogP contribution in [0.4, 0.5) is 15.9 Å². The summed E-state index contributed by atoms with van der Waals surface area (Å²) in [6.45, 7) is 3.81. The van der Waals surface area contributed by atoms with Gasteiger partial charge in [-0.25, -0.2) is 17.8 Å². The standard InChI is InChI=1S/C19H23FN4O3S/c1-2-13-28(26,27)24-11-9-23(10-12-24)18-8-7-15(14-21-18)22-19(25)16-5-3-4-6-17(16)20/h3-8,14H,2,9-13H2,1H3,(H,22,25). The number of hydrogen-bond acceptors (Lipinski definition) is 5. The van der Waals surface area contributed by atoms with Crippen molar-refractivity contribution in [3.63, 3.8) is 0 Å². The highest BCUT2D eigenvalue weighted by Crippen LogP contribution is 2.18. The maximum absolute atomic E-state index is 13.7. The summed E-state index contributed by atoms with van der Waals surface area (Å²) in [6, 6.07) is 9.22. The Balaban J connectivity index is 1.60. The van der Waals surface area contributed by atoms with Crippen LogP contribution in [0.5, 0.6) is 0 Å². The fraction of sp³-hybridized carbons (Fsp3) is 0.368. The van der Waals surface area contributed by atoms with Crippen molar-refractivity contribution < 1.29 is 17.6 Å². The van der Waals surface area contributed by atoms with Crippen molar-refractivity contribution >= 4 is 27.4 Å². The first-order chi connectivity index (χ1) is 13.4. The molecular weight excluding hydrogens is 383 g/mol. The van der Waals surface area contributed by atoms with Crippen molar-refractivity contribution in [3.8, 4) is 0 Å². The monoisotopic (exact) mass is 406 g/mol. The van der Waals surface area contributed by atoms with Gasteiger partial charge in [0.1, 0.15) is 11.6 Å². The minimum absolute atomic E-state index is 0.0315. The third kappa shape index (κ3) is 4.66. The Labute approximate surface area is 164 Å². The average Bonchev–Trinajstić information content (AvgIpc) is 2.69. The maximum atomic E-state index is 13.7. The number of carbonyl (C=O) groups excluding carboxylic acids is 1. The van der Waals surface area contributed by atoms with Crippen LogP contribution in [0.25, 0.3) is 0 Å². The highest BCUT2D eigenvalue weighted by atomic mass is 32.2. The Morgan fingerprint density at radius 2 is 1.86 bits per heavy atom. The van der Waals surface area contributed by atoms with Gasteiger partial charge in [0.25, 0.3) is 5.91 Å². The number of sulfonamides is 1. The second kappa shape index (κ2) is 8.66. The molecule has 9 heteroatoms. The van der Waals surface area contributed by atoms with E-state index in [1.807, 2.05) is 11.8 Å². The quantitative estimate of drug-likeness (QED) is 0.796. The first kappa shape index (κ1) is 20.2. The zero-order valence-corrected chi connectivity index (χ0v) is 16.5. The van der Waals surface area contributed by atoms with Crippen molar-refractivity contribution in [3.05, 3.63) is 54.0 Å². The van der Waals surface area contributed by atoms with Gasteiger partial charge in [-0.05, 0) is 30.7 Å². The molecule has 2 aromatic rings. The number of nitrogens with one attached hydrogen (secondary N) is 1. The highest BCUT2D eigenvalue weighted by Gasteiger charge is 2.26. The number of benzene rings is 1. The summed E-state index contributed by atoms with van der Waals surface area (Å²) < 4.78 is 39.5. The molecule has 0 aliphatic carbocycles. The second-order valence-electron chi connectivity index (χ2n) is 6.54. The predicted octanol–water partition coefficient (Wildman–Crippen LogP) is 2.33. The number of rotatable bonds is 6. The van der Waals surface area contributed by atoms with Gasteiger partial charge in [0, 0.05) is 26.2 Å². The Bertz CT molecular complexity index is 926. The third-order valence-corrected chi connectivity index (χ3v) is 6.62. The molecule has 0 bridgehead atoms. The van der Waals surface area contributed by atoms with Gasteiger partial charge in [0.15, 0.2) is 0 Å². The maximum Gasteiger partial charge on any atom is 0.258 e. The number of hydrogen-bond donors (Lipinski definition) is 1. The lowest BCUT2D eigenvalue weighted by Crippen LogP contribution is -2.49. The van der Waals surface area contributed by atoms with E-state index in [4.69, 9.17) is 0 Å². The smallest absolute Gasteiger partial charge is 0.258 e. The van der Waals surface area contributed by atoms with Gasteiger partial charge in [0.2, 0.25) is 10.0 Å². The zero-order valence-electron chi connectivity index (χ0n) is 15.6. The lowest BCUT2D eigenvalue weighted by Gasteiger charge is -2.34. The third-order valence-electron chi connectivity index (χ3n) is 4.54. The van der Waals surface area contributed by atoms with Crippen molar-refractivity contribution in [2.75, 3.05) is 42.1 Å². The molecule has 0 radical (unpaired) electrons. The molecule has 1 amide bonds. The largest absolute Gasteiger partial charge is 0.354 e. The number of piperazine rings is 1. The van der Waals surface area contributed by atoms with Crippen LogP contribution in [0.1, 0.15) is 23.7 Å². The molecule has 1 aromatic heterocycles. The summed E-state index contributed by atoms with van der Waals surface area (Å²) in [5, 5.41) is 2.62. The molecule has 1 saturated heterocycles. The fourth-order valence-corrected chi connectivity index (χ4v) is 4.57. The van der Waals surface area contributed by atoms with E-state index in [0.29, 0.717) is 44.1 Å². The number of aromatic nitrogens is 1.